The number of thioether (sulfide) groups is 1. The van der Waals surface area contributed by atoms with Gasteiger partial charge in [-0.3, -0.25) is 9.59 Å². The largest absolute Gasteiger partial charge is 0.481 e. The molecule has 4 nitrogen and oxygen atoms in total. The zero-order valence-corrected chi connectivity index (χ0v) is 13.2. The van der Waals surface area contributed by atoms with Gasteiger partial charge >= 0.3 is 5.97 Å². The Labute approximate surface area is 129 Å². The van der Waals surface area contributed by atoms with Gasteiger partial charge in [-0.25, -0.2) is 0 Å². The van der Waals surface area contributed by atoms with Crippen LogP contribution in [0.25, 0.3) is 0 Å². The number of nitrogens with zero attached hydrogens (tertiary/aromatic N) is 1. The fourth-order valence-electron chi connectivity index (χ4n) is 2.05. The SMILES string of the molecule is O=C(O)CC1CSCCN1C(=O)c1ccc(I)cc1. The Balaban J connectivity index is 2.15. The Hall–Kier alpha value is -0.760. The van der Waals surface area contributed by atoms with Crippen LogP contribution in [0.5, 0.6) is 0 Å². The van der Waals surface area contributed by atoms with Crippen LogP contribution >= 0.6 is 34.4 Å². The number of carbonyl (C=O) groups excluding carboxylic acids is 1. The standard InChI is InChI=1S/C13H14INO3S/c14-10-3-1-9(2-4-10)13(18)15-5-6-19-8-11(15)7-12(16)17/h1-4,11H,5-8H2,(H,16,17). The van der Waals surface area contributed by atoms with Crippen molar-refractivity contribution in [2.24, 2.45) is 0 Å². The van der Waals surface area contributed by atoms with Crippen LogP contribution in [0, 0.1) is 3.57 Å². The van der Waals surface area contributed by atoms with Crippen LogP contribution in [0.2, 0.25) is 0 Å². The van der Waals surface area contributed by atoms with Crippen molar-refractivity contribution in [1.82, 2.24) is 4.90 Å². The second kappa shape index (κ2) is 6.60. The average molecular weight is 391 g/mol. The first-order valence-corrected chi connectivity index (χ1v) is 8.17. The van der Waals surface area contributed by atoms with E-state index in [1.54, 1.807) is 28.8 Å². The number of aliphatic carboxylic acids is 1. The predicted molar refractivity (Wildman–Crippen MR) is 83.6 cm³/mol. The molecule has 1 N–H and O–H groups in total. The first-order valence-electron chi connectivity index (χ1n) is 5.94. The lowest BCUT2D eigenvalue weighted by atomic mass is 10.1. The van der Waals surface area contributed by atoms with E-state index in [0.29, 0.717) is 17.9 Å². The zero-order valence-electron chi connectivity index (χ0n) is 10.2. The molecule has 1 aromatic carbocycles. The molecule has 1 aliphatic heterocycles. The Morgan fingerprint density at radius 3 is 2.68 bits per heavy atom. The van der Waals surface area contributed by atoms with Crippen LogP contribution in [-0.4, -0.2) is 46.0 Å². The lowest BCUT2D eigenvalue weighted by Gasteiger charge is -2.34. The van der Waals surface area contributed by atoms with E-state index in [4.69, 9.17) is 5.11 Å². The third-order valence-corrected chi connectivity index (χ3v) is 4.80. The molecule has 0 saturated carbocycles. The molecule has 1 saturated heterocycles. The molecule has 0 radical (unpaired) electrons. The predicted octanol–water partition coefficient (Wildman–Crippen LogP) is 2.32. The molecule has 6 heteroatoms. The van der Waals surface area contributed by atoms with Crippen molar-refractivity contribution in [2.75, 3.05) is 18.1 Å². The number of benzene rings is 1. The maximum atomic E-state index is 12.4. The topological polar surface area (TPSA) is 57.6 Å². The minimum atomic E-state index is -0.854. The molecule has 1 unspecified atom stereocenters. The summed E-state index contributed by atoms with van der Waals surface area (Å²) in [6.45, 7) is 0.618. The molecular weight excluding hydrogens is 377 g/mol. The van der Waals surface area contributed by atoms with Crippen molar-refractivity contribution in [3.8, 4) is 0 Å². The van der Waals surface area contributed by atoms with E-state index >= 15 is 0 Å². The van der Waals surface area contributed by atoms with Crippen LogP contribution in [0.3, 0.4) is 0 Å². The summed E-state index contributed by atoms with van der Waals surface area (Å²) in [4.78, 5) is 25.0. The molecule has 1 aliphatic rings. The molecule has 102 valence electrons. The highest BCUT2D eigenvalue weighted by atomic mass is 127. The zero-order chi connectivity index (χ0) is 13.8. The highest BCUT2D eigenvalue weighted by Gasteiger charge is 2.29. The highest BCUT2D eigenvalue weighted by molar-refractivity contribution is 14.1. The van der Waals surface area contributed by atoms with Crippen LogP contribution in [0.1, 0.15) is 16.8 Å². The maximum absolute atomic E-state index is 12.4. The average Bonchev–Trinajstić information content (AvgIpc) is 2.39. The molecule has 0 spiro atoms. The van der Waals surface area contributed by atoms with Crippen LogP contribution < -0.4 is 0 Å². The van der Waals surface area contributed by atoms with E-state index < -0.39 is 5.97 Å². The normalized spacial score (nSPS) is 19.2. The number of carbonyl (C=O) groups is 2. The first-order chi connectivity index (χ1) is 9.08. The van der Waals surface area contributed by atoms with Gasteiger partial charge in [0.25, 0.3) is 5.91 Å². The van der Waals surface area contributed by atoms with E-state index in [0.717, 1.165) is 9.32 Å². The highest BCUT2D eigenvalue weighted by Crippen LogP contribution is 2.21. The van der Waals surface area contributed by atoms with Gasteiger partial charge in [-0.05, 0) is 46.9 Å². The second-order valence-electron chi connectivity index (χ2n) is 4.33. The summed E-state index contributed by atoms with van der Waals surface area (Å²) in [5, 5.41) is 8.92. The molecule has 0 bridgehead atoms. The summed E-state index contributed by atoms with van der Waals surface area (Å²) in [6.07, 6.45) is 0.0170. The van der Waals surface area contributed by atoms with Crippen LogP contribution in [-0.2, 0) is 4.79 Å². The van der Waals surface area contributed by atoms with Crippen LogP contribution in [0.4, 0.5) is 0 Å². The van der Waals surface area contributed by atoms with Gasteiger partial charge in [0.2, 0.25) is 0 Å². The molecule has 19 heavy (non-hydrogen) atoms. The fraction of sp³-hybridized carbons (Fsp3) is 0.385. The van der Waals surface area contributed by atoms with Gasteiger partial charge in [-0.2, -0.15) is 11.8 Å². The van der Waals surface area contributed by atoms with Crippen molar-refractivity contribution in [3.05, 3.63) is 33.4 Å². The van der Waals surface area contributed by atoms with E-state index in [2.05, 4.69) is 22.6 Å². The first kappa shape index (κ1) is 14.6. The van der Waals surface area contributed by atoms with Crippen molar-refractivity contribution in [3.63, 3.8) is 0 Å². The van der Waals surface area contributed by atoms with Crippen molar-refractivity contribution in [1.29, 1.82) is 0 Å². The third kappa shape index (κ3) is 3.85. The monoisotopic (exact) mass is 391 g/mol. The summed E-state index contributed by atoms with van der Waals surface area (Å²) in [5.74, 6) is 0.644. The van der Waals surface area contributed by atoms with Gasteiger partial charge in [0.05, 0.1) is 12.5 Å². The number of hydrogen-bond acceptors (Lipinski definition) is 3. The number of hydrogen-bond donors (Lipinski definition) is 1. The van der Waals surface area contributed by atoms with Gasteiger partial charge in [-0.1, -0.05) is 0 Å². The van der Waals surface area contributed by atoms with E-state index in [1.165, 1.54) is 0 Å². The Morgan fingerprint density at radius 1 is 1.37 bits per heavy atom. The van der Waals surface area contributed by atoms with Crippen LogP contribution in [0.15, 0.2) is 24.3 Å². The summed E-state index contributed by atoms with van der Waals surface area (Å²) in [6, 6.07) is 7.16. The number of carboxylic acid groups (broad SMARTS) is 1. The minimum Gasteiger partial charge on any atom is -0.481 e. The minimum absolute atomic E-state index is 0.0170. The molecule has 1 heterocycles. The third-order valence-electron chi connectivity index (χ3n) is 2.99. The summed E-state index contributed by atoms with van der Waals surface area (Å²) >= 11 is 3.89. The number of halogens is 1. The smallest absolute Gasteiger partial charge is 0.305 e. The summed E-state index contributed by atoms with van der Waals surface area (Å²) < 4.78 is 1.07. The van der Waals surface area contributed by atoms with Crippen molar-refractivity contribution >= 4 is 46.2 Å². The summed E-state index contributed by atoms with van der Waals surface area (Å²) in [5.41, 5.74) is 0.628. The lowest BCUT2D eigenvalue weighted by Crippen LogP contribution is -2.47. The van der Waals surface area contributed by atoms with E-state index in [1.807, 2.05) is 12.1 Å². The van der Waals surface area contributed by atoms with Crippen molar-refractivity contribution < 1.29 is 14.7 Å². The van der Waals surface area contributed by atoms with Gasteiger partial charge in [0, 0.05) is 27.2 Å². The Kier molecular flexibility index (Phi) is 5.09. The van der Waals surface area contributed by atoms with E-state index in [9.17, 15) is 9.59 Å². The lowest BCUT2D eigenvalue weighted by molar-refractivity contribution is -0.138. The Morgan fingerprint density at radius 2 is 2.05 bits per heavy atom. The van der Waals surface area contributed by atoms with Crippen molar-refractivity contribution in [2.45, 2.75) is 12.5 Å². The molecule has 1 amide bonds. The van der Waals surface area contributed by atoms with Gasteiger partial charge in [-0.15, -0.1) is 0 Å². The van der Waals surface area contributed by atoms with E-state index in [-0.39, 0.29) is 18.4 Å². The molecule has 0 aromatic heterocycles. The maximum Gasteiger partial charge on any atom is 0.305 e. The number of carboxylic acids is 1. The molecule has 2 rings (SSSR count). The number of amides is 1. The molecule has 0 aliphatic carbocycles. The van der Waals surface area contributed by atoms with Gasteiger partial charge < -0.3 is 10.0 Å². The summed E-state index contributed by atoms with van der Waals surface area (Å²) in [7, 11) is 0. The molecular formula is C13H14INO3S. The fourth-order valence-corrected chi connectivity index (χ4v) is 3.47. The molecule has 1 aromatic rings. The second-order valence-corrected chi connectivity index (χ2v) is 6.73. The quantitative estimate of drug-likeness (QED) is 0.804. The van der Waals surface area contributed by atoms with Gasteiger partial charge in [0.1, 0.15) is 0 Å². The number of rotatable bonds is 3. The molecule has 1 fully saturated rings. The Bertz CT molecular complexity index is 477. The molecule has 1 atom stereocenters. The van der Waals surface area contributed by atoms with Gasteiger partial charge in [0.15, 0.2) is 0 Å².